The van der Waals surface area contributed by atoms with Gasteiger partial charge in [0.25, 0.3) is 5.91 Å². The van der Waals surface area contributed by atoms with Crippen LogP contribution < -0.4 is 10.1 Å². The van der Waals surface area contributed by atoms with Crippen LogP contribution in [0.5, 0.6) is 5.75 Å². The van der Waals surface area contributed by atoms with E-state index in [0.717, 1.165) is 5.56 Å². The number of rotatable bonds is 5. The van der Waals surface area contributed by atoms with E-state index in [1.165, 1.54) is 0 Å². The highest BCUT2D eigenvalue weighted by Crippen LogP contribution is 2.17. The lowest BCUT2D eigenvalue weighted by Gasteiger charge is -2.09. The van der Waals surface area contributed by atoms with E-state index in [0.29, 0.717) is 29.2 Å². The molecule has 0 radical (unpaired) electrons. The summed E-state index contributed by atoms with van der Waals surface area (Å²) in [5.74, 6) is 0.426. The van der Waals surface area contributed by atoms with Crippen molar-refractivity contribution in [2.24, 2.45) is 0 Å². The molecule has 0 aliphatic carbocycles. The van der Waals surface area contributed by atoms with Crippen LogP contribution in [0.1, 0.15) is 21.5 Å². The fourth-order valence-electron chi connectivity index (χ4n) is 2.33. The number of para-hydroxylation sites is 1. The van der Waals surface area contributed by atoms with E-state index in [-0.39, 0.29) is 5.91 Å². The van der Waals surface area contributed by atoms with Crippen LogP contribution in [0.3, 0.4) is 0 Å². The summed E-state index contributed by atoms with van der Waals surface area (Å²) < 4.78 is 5.71. The van der Waals surface area contributed by atoms with E-state index < -0.39 is 0 Å². The van der Waals surface area contributed by atoms with Crippen LogP contribution in [-0.4, -0.2) is 5.91 Å². The molecule has 4 heteroatoms. The molecule has 1 N–H and O–H groups in total. The highest BCUT2D eigenvalue weighted by atomic mass is 16.5. The van der Waals surface area contributed by atoms with E-state index in [1.54, 1.807) is 48.5 Å². The molecule has 0 aliphatic heterocycles. The van der Waals surface area contributed by atoms with Gasteiger partial charge >= 0.3 is 0 Å². The van der Waals surface area contributed by atoms with Gasteiger partial charge in [-0.05, 0) is 42.0 Å². The van der Waals surface area contributed by atoms with Crippen LogP contribution in [0.25, 0.3) is 0 Å². The van der Waals surface area contributed by atoms with Gasteiger partial charge in [0.05, 0.1) is 11.3 Å². The van der Waals surface area contributed by atoms with Crippen molar-refractivity contribution >= 4 is 11.6 Å². The van der Waals surface area contributed by atoms with Gasteiger partial charge in [0.2, 0.25) is 0 Å². The van der Waals surface area contributed by atoms with Gasteiger partial charge in [0, 0.05) is 5.56 Å². The lowest BCUT2D eigenvalue weighted by Crippen LogP contribution is -2.12. The Kier molecular flexibility index (Phi) is 5.08. The predicted octanol–water partition coefficient (Wildman–Crippen LogP) is 4.39. The Bertz CT molecular complexity index is 897. The summed E-state index contributed by atoms with van der Waals surface area (Å²) >= 11 is 0. The molecule has 3 aromatic carbocycles. The zero-order valence-corrected chi connectivity index (χ0v) is 13.5. The fourth-order valence-corrected chi connectivity index (χ4v) is 2.33. The van der Waals surface area contributed by atoms with Gasteiger partial charge in [0.15, 0.2) is 0 Å². The van der Waals surface area contributed by atoms with E-state index in [4.69, 9.17) is 10.00 Å². The summed E-state index contributed by atoms with van der Waals surface area (Å²) in [6, 6.07) is 25.7. The second kappa shape index (κ2) is 7.80. The van der Waals surface area contributed by atoms with Gasteiger partial charge in [-0.25, -0.2) is 0 Å². The van der Waals surface area contributed by atoms with Gasteiger partial charge in [-0.1, -0.05) is 42.5 Å². The van der Waals surface area contributed by atoms with Crippen molar-refractivity contribution in [3.05, 3.63) is 95.6 Å². The number of hydrogen-bond acceptors (Lipinski definition) is 3. The van der Waals surface area contributed by atoms with Crippen LogP contribution in [-0.2, 0) is 6.61 Å². The van der Waals surface area contributed by atoms with Crippen LogP contribution in [0.2, 0.25) is 0 Å². The quantitative estimate of drug-likeness (QED) is 0.755. The number of benzene rings is 3. The monoisotopic (exact) mass is 328 g/mol. The maximum Gasteiger partial charge on any atom is 0.255 e. The molecule has 0 saturated carbocycles. The highest BCUT2D eigenvalue weighted by molar-refractivity contribution is 6.04. The minimum atomic E-state index is -0.266. The first-order chi connectivity index (χ1) is 12.3. The summed E-state index contributed by atoms with van der Waals surface area (Å²) in [6.45, 7) is 0.474. The van der Waals surface area contributed by atoms with Crippen molar-refractivity contribution in [1.29, 1.82) is 5.26 Å². The Morgan fingerprint density at radius 2 is 1.60 bits per heavy atom. The first kappa shape index (κ1) is 16.3. The number of ether oxygens (including phenoxy) is 1. The van der Waals surface area contributed by atoms with Gasteiger partial charge < -0.3 is 10.1 Å². The molecule has 0 fully saturated rings. The molecule has 0 atom stereocenters. The third-order valence-corrected chi connectivity index (χ3v) is 3.66. The van der Waals surface area contributed by atoms with Crippen molar-refractivity contribution in [1.82, 2.24) is 0 Å². The first-order valence-electron chi connectivity index (χ1n) is 7.83. The number of anilines is 1. The molecular weight excluding hydrogens is 312 g/mol. The van der Waals surface area contributed by atoms with E-state index in [2.05, 4.69) is 11.4 Å². The molecule has 0 aromatic heterocycles. The number of nitriles is 1. The van der Waals surface area contributed by atoms with Crippen LogP contribution in [0.4, 0.5) is 5.69 Å². The average molecular weight is 328 g/mol. The number of amides is 1. The highest BCUT2D eigenvalue weighted by Gasteiger charge is 2.09. The van der Waals surface area contributed by atoms with E-state index >= 15 is 0 Å². The Morgan fingerprint density at radius 3 is 2.32 bits per heavy atom. The van der Waals surface area contributed by atoms with Crippen molar-refractivity contribution in [2.75, 3.05) is 5.32 Å². The third kappa shape index (κ3) is 4.24. The van der Waals surface area contributed by atoms with Crippen LogP contribution >= 0.6 is 0 Å². The van der Waals surface area contributed by atoms with Crippen molar-refractivity contribution in [3.63, 3.8) is 0 Å². The van der Waals surface area contributed by atoms with Gasteiger partial charge in [-0.3, -0.25) is 4.79 Å². The Hall–Kier alpha value is -3.58. The molecule has 0 unspecified atom stereocenters. The lowest BCUT2D eigenvalue weighted by molar-refractivity contribution is 0.102. The van der Waals surface area contributed by atoms with Crippen molar-refractivity contribution in [3.8, 4) is 11.8 Å². The number of nitrogens with zero attached hydrogens (tertiary/aromatic N) is 1. The van der Waals surface area contributed by atoms with Crippen LogP contribution in [0, 0.1) is 11.3 Å². The normalized spacial score (nSPS) is 9.88. The summed E-state index contributed by atoms with van der Waals surface area (Å²) in [7, 11) is 0. The summed E-state index contributed by atoms with van der Waals surface area (Å²) in [6.07, 6.45) is 0. The Balaban J connectivity index is 1.63. The molecule has 3 rings (SSSR count). The lowest BCUT2D eigenvalue weighted by atomic mass is 10.1. The molecule has 1 amide bonds. The smallest absolute Gasteiger partial charge is 0.255 e. The molecule has 4 nitrogen and oxygen atoms in total. The molecule has 0 aliphatic rings. The van der Waals surface area contributed by atoms with Crippen LogP contribution in [0.15, 0.2) is 78.9 Å². The standard InChI is InChI=1S/C21H16N2O2/c22-14-18-8-4-5-9-20(18)23-21(24)17-10-12-19(13-11-17)25-15-16-6-2-1-3-7-16/h1-13H,15H2,(H,23,24). The average Bonchev–Trinajstić information content (AvgIpc) is 2.68. The summed E-state index contributed by atoms with van der Waals surface area (Å²) in [5, 5.41) is 11.8. The van der Waals surface area contributed by atoms with Gasteiger partial charge in [-0.2, -0.15) is 5.26 Å². The number of nitrogens with one attached hydrogen (secondary N) is 1. The minimum Gasteiger partial charge on any atom is -0.489 e. The number of hydrogen-bond donors (Lipinski definition) is 1. The SMILES string of the molecule is N#Cc1ccccc1NC(=O)c1ccc(OCc2ccccc2)cc1. The topological polar surface area (TPSA) is 62.1 Å². The predicted molar refractivity (Wildman–Crippen MR) is 96.3 cm³/mol. The Morgan fingerprint density at radius 1 is 0.920 bits per heavy atom. The minimum absolute atomic E-state index is 0.266. The molecule has 122 valence electrons. The zero-order chi connectivity index (χ0) is 17.5. The largest absolute Gasteiger partial charge is 0.489 e. The second-order valence-electron chi connectivity index (χ2n) is 5.41. The van der Waals surface area contributed by atoms with Crippen molar-refractivity contribution in [2.45, 2.75) is 6.61 Å². The fraction of sp³-hybridized carbons (Fsp3) is 0.0476. The molecule has 0 bridgehead atoms. The van der Waals surface area contributed by atoms with Gasteiger partial charge in [-0.15, -0.1) is 0 Å². The molecule has 25 heavy (non-hydrogen) atoms. The summed E-state index contributed by atoms with van der Waals surface area (Å²) in [5.41, 5.74) is 2.51. The zero-order valence-electron chi connectivity index (χ0n) is 13.5. The van der Waals surface area contributed by atoms with Crippen molar-refractivity contribution < 1.29 is 9.53 Å². The maximum absolute atomic E-state index is 12.3. The molecule has 3 aromatic rings. The summed E-state index contributed by atoms with van der Waals surface area (Å²) in [4.78, 5) is 12.3. The molecule has 0 heterocycles. The molecule has 0 spiro atoms. The maximum atomic E-state index is 12.3. The van der Waals surface area contributed by atoms with E-state index in [1.807, 2.05) is 30.3 Å². The number of carbonyl (C=O) groups is 1. The Labute approximate surface area is 146 Å². The molecule has 0 saturated heterocycles. The third-order valence-electron chi connectivity index (χ3n) is 3.66. The molecular formula is C21H16N2O2. The van der Waals surface area contributed by atoms with E-state index in [9.17, 15) is 4.79 Å². The van der Waals surface area contributed by atoms with Gasteiger partial charge in [0.1, 0.15) is 18.4 Å². The first-order valence-corrected chi connectivity index (χ1v) is 7.83. The number of carbonyl (C=O) groups excluding carboxylic acids is 1. The second-order valence-corrected chi connectivity index (χ2v) is 5.41.